The number of rotatable bonds is 5. The van der Waals surface area contributed by atoms with Crippen LogP contribution in [0.1, 0.15) is 12.8 Å². The average Bonchev–Trinajstić information content (AvgIpc) is 2.03. The lowest BCUT2D eigenvalue weighted by Gasteiger charge is -1.94. The maximum Gasteiger partial charge on any atom is 0.334 e. The fourth-order valence-corrected chi connectivity index (χ4v) is 0.706. The molecule has 0 saturated carbocycles. The monoisotopic (exact) mass is 208 g/mol. The Morgan fingerprint density at radius 2 is 2.25 bits per heavy atom. The summed E-state index contributed by atoms with van der Waals surface area (Å²) in [6.45, 7) is 3.24. The lowest BCUT2D eigenvalue weighted by atomic mass is 10.3. The highest BCUT2D eigenvalue weighted by Gasteiger charge is 1.94. The second-order valence-electron chi connectivity index (χ2n) is 1.98. The molecule has 0 fully saturated rings. The molecule has 2 nitrogen and oxygen atoms in total. The van der Waals surface area contributed by atoms with Crippen LogP contribution in [0.3, 0.4) is 0 Å². The summed E-state index contributed by atoms with van der Waals surface area (Å²) >= 11 is 10.9. The van der Waals surface area contributed by atoms with Gasteiger partial charge in [-0.25, -0.2) is 4.79 Å². The third-order valence-electron chi connectivity index (χ3n) is 0.999. The van der Waals surface area contributed by atoms with Crippen molar-refractivity contribution in [1.29, 1.82) is 0 Å². The molecule has 68 valence electrons. The molecular weight excluding hydrogens is 199 g/mol. The van der Waals surface area contributed by atoms with Gasteiger partial charge in [0.25, 0.3) is 0 Å². The SMILES string of the molecule is C=CC(=O)OC=CCCC(Cl)Cl. The molecule has 0 unspecified atom stereocenters. The number of hydrogen-bond donors (Lipinski definition) is 0. The highest BCUT2D eigenvalue weighted by molar-refractivity contribution is 6.44. The summed E-state index contributed by atoms with van der Waals surface area (Å²) in [6, 6.07) is 0. The zero-order valence-corrected chi connectivity index (χ0v) is 8.02. The molecule has 0 amide bonds. The van der Waals surface area contributed by atoms with Crippen LogP contribution < -0.4 is 0 Å². The van der Waals surface area contributed by atoms with Crippen molar-refractivity contribution < 1.29 is 9.53 Å². The van der Waals surface area contributed by atoms with Gasteiger partial charge in [0.2, 0.25) is 0 Å². The van der Waals surface area contributed by atoms with Crippen molar-refractivity contribution in [2.75, 3.05) is 0 Å². The molecule has 0 radical (unpaired) electrons. The number of allylic oxidation sites excluding steroid dienone is 1. The van der Waals surface area contributed by atoms with E-state index in [1.807, 2.05) is 0 Å². The molecular formula is C8H10Cl2O2. The summed E-state index contributed by atoms with van der Waals surface area (Å²) in [5, 5.41) is 0. The molecule has 0 heterocycles. The van der Waals surface area contributed by atoms with Gasteiger partial charge in [-0.1, -0.05) is 6.58 Å². The van der Waals surface area contributed by atoms with Gasteiger partial charge < -0.3 is 4.74 Å². The van der Waals surface area contributed by atoms with Crippen LogP contribution in [0.5, 0.6) is 0 Å². The molecule has 0 aromatic carbocycles. The molecule has 4 heteroatoms. The van der Waals surface area contributed by atoms with E-state index in [9.17, 15) is 4.79 Å². The number of ether oxygens (including phenoxy) is 1. The van der Waals surface area contributed by atoms with E-state index in [-0.39, 0.29) is 4.84 Å². The van der Waals surface area contributed by atoms with Gasteiger partial charge in [-0.05, 0) is 18.9 Å². The largest absolute Gasteiger partial charge is 0.432 e. The van der Waals surface area contributed by atoms with Crippen LogP contribution in [0, 0.1) is 0 Å². The van der Waals surface area contributed by atoms with E-state index in [2.05, 4.69) is 11.3 Å². The summed E-state index contributed by atoms with van der Waals surface area (Å²) in [5.41, 5.74) is 0. The Kier molecular flexibility index (Phi) is 6.91. The first-order valence-electron chi connectivity index (χ1n) is 3.43. The Bertz CT molecular complexity index is 176. The Hall–Kier alpha value is -0.470. The Morgan fingerprint density at radius 3 is 2.75 bits per heavy atom. The van der Waals surface area contributed by atoms with E-state index in [0.29, 0.717) is 12.8 Å². The molecule has 0 aliphatic heterocycles. The van der Waals surface area contributed by atoms with Crippen molar-refractivity contribution >= 4 is 29.2 Å². The molecule has 0 saturated heterocycles. The van der Waals surface area contributed by atoms with E-state index in [4.69, 9.17) is 23.2 Å². The number of carbonyl (C=O) groups is 1. The fourth-order valence-electron chi connectivity index (χ4n) is 0.454. The molecule has 0 rings (SSSR count). The molecule has 12 heavy (non-hydrogen) atoms. The summed E-state index contributed by atoms with van der Waals surface area (Å²) < 4.78 is 4.55. The average molecular weight is 209 g/mol. The third-order valence-corrected chi connectivity index (χ3v) is 1.44. The van der Waals surface area contributed by atoms with Crippen LogP contribution in [0.25, 0.3) is 0 Å². The van der Waals surface area contributed by atoms with Crippen LogP contribution in [-0.4, -0.2) is 10.8 Å². The van der Waals surface area contributed by atoms with Crippen molar-refractivity contribution in [3.63, 3.8) is 0 Å². The van der Waals surface area contributed by atoms with Gasteiger partial charge >= 0.3 is 5.97 Å². The molecule has 0 aromatic rings. The van der Waals surface area contributed by atoms with Crippen molar-refractivity contribution in [2.24, 2.45) is 0 Å². The molecule has 0 bridgehead atoms. The van der Waals surface area contributed by atoms with Crippen molar-refractivity contribution in [2.45, 2.75) is 17.7 Å². The standard InChI is InChI=1S/C8H10Cl2O2/c1-2-8(11)12-6-4-3-5-7(9)10/h2,4,6-7H,1,3,5H2. The molecule has 0 N–H and O–H groups in total. The van der Waals surface area contributed by atoms with Crippen LogP contribution in [0.2, 0.25) is 0 Å². The fraction of sp³-hybridized carbons (Fsp3) is 0.375. The zero-order chi connectivity index (χ0) is 9.40. The smallest absolute Gasteiger partial charge is 0.334 e. The highest BCUT2D eigenvalue weighted by Crippen LogP contribution is 2.09. The molecule has 0 aliphatic carbocycles. The maximum atomic E-state index is 10.5. The predicted molar refractivity (Wildman–Crippen MR) is 50.2 cm³/mol. The number of halogens is 2. The van der Waals surface area contributed by atoms with Gasteiger partial charge in [0.15, 0.2) is 0 Å². The summed E-state index contributed by atoms with van der Waals surface area (Å²) in [7, 11) is 0. The van der Waals surface area contributed by atoms with Gasteiger partial charge in [-0.2, -0.15) is 0 Å². The van der Waals surface area contributed by atoms with Gasteiger partial charge in [0.1, 0.15) is 4.84 Å². The second-order valence-corrected chi connectivity index (χ2v) is 3.26. The zero-order valence-electron chi connectivity index (χ0n) is 6.50. The molecule has 0 atom stereocenters. The molecule has 0 aliphatic rings. The van der Waals surface area contributed by atoms with Gasteiger partial charge in [-0.15, -0.1) is 23.2 Å². The quantitative estimate of drug-likeness (QED) is 0.301. The normalized spacial score (nSPS) is 10.6. The predicted octanol–water partition coefficient (Wildman–Crippen LogP) is 2.81. The van der Waals surface area contributed by atoms with E-state index < -0.39 is 5.97 Å². The van der Waals surface area contributed by atoms with Crippen molar-refractivity contribution in [1.82, 2.24) is 0 Å². The third kappa shape index (κ3) is 7.63. The van der Waals surface area contributed by atoms with Crippen LogP contribution in [0.15, 0.2) is 25.0 Å². The van der Waals surface area contributed by atoms with E-state index >= 15 is 0 Å². The van der Waals surface area contributed by atoms with Gasteiger partial charge in [0, 0.05) is 6.08 Å². The van der Waals surface area contributed by atoms with Crippen molar-refractivity contribution in [3.05, 3.63) is 25.0 Å². The number of hydrogen-bond acceptors (Lipinski definition) is 2. The van der Waals surface area contributed by atoms with Crippen LogP contribution in [-0.2, 0) is 9.53 Å². The van der Waals surface area contributed by atoms with Gasteiger partial charge in [0.05, 0.1) is 6.26 Å². The highest BCUT2D eigenvalue weighted by atomic mass is 35.5. The Labute approximate surface area is 81.8 Å². The first kappa shape index (κ1) is 11.5. The van der Waals surface area contributed by atoms with E-state index in [1.54, 1.807) is 6.08 Å². The minimum Gasteiger partial charge on any atom is -0.432 e. The summed E-state index contributed by atoms with van der Waals surface area (Å²) in [5.74, 6) is -0.473. The number of alkyl halides is 2. The minimum absolute atomic E-state index is 0.371. The van der Waals surface area contributed by atoms with Crippen LogP contribution >= 0.6 is 23.2 Å². The Morgan fingerprint density at radius 1 is 1.58 bits per heavy atom. The minimum atomic E-state index is -0.473. The molecule has 0 spiro atoms. The summed E-state index contributed by atoms with van der Waals surface area (Å²) in [6.07, 6.45) is 5.41. The lowest BCUT2D eigenvalue weighted by Crippen LogP contribution is -1.92. The lowest BCUT2D eigenvalue weighted by molar-refractivity contribution is -0.132. The Balaban J connectivity index is 3.37. The topological polar surface area (TPSA) is 26.3 Å². The van der Waals surface area contributed by atoms with Gasteiger partial charge in [-0.3, -0.25) is 0 Å². The number of esters is 1. The second kappa shape index (κ2) is 7.19. The van der Waals surface area contributed by atoms with E-state index in [0.717, 1.165) is 6.08 Å². The maximum absolute atomic E-state index is 10.5. The molecule has 0 aromatic heterocycles. The first-order valence-corrected chi connectivity index (χ1v) is 4.30. The first-order chi connectivity index (χ1) is 5.66. The van der Waals surface area contributed by atoms with E-state index in [1.165, 1.54) is 6.26 Å². The van der Waals surface area contributed by atoms with Crippen LogP contribution in [0.4, 0.5) is 0 Å². The van der Waals surface area contributed by atoms with Crippen molar-refractivity contribution in [3.8, 4) is 0 Å². The number of carbonyl (C=O) groups excluding carboxylic acids is 1. The summed E-state index contributed by atoms with van der Waals surface area (Å²) in [4.78, 5) is 10.1.